The first-order valence-corrected chi connectivity index (χ1v) is 5.82. The van der Waals surface area contributed by atoms with Crippen molar-refractivity contribution in [2.75, 3.05) is 20.1 Å². The number of rotatable bonds is 1. The van der Waals surface area contributed by atoms with Crippen LogP contribution >= 0.6 is 0 Å². The Morgan fingerprint density at radius 2 is 1.62 bits per heavy atom. The number of nitrogens with two attached hydrogens (primary N) is 1. The summed E-state index contributed by atoms with van der Waals surface area (Å²) in [5, 5.41) is 5.12. The SMILES string of the molecule is CC1CN(C)CC(C)N1S(N)(=O)=O. The number of likely N-dealkylation sites (N-methyl/N-ethyl adjacent to an activating group) is 1. The van der Waals surface area contributed by atoms with E-state index in [1.165, 1.54) is 4.31 Å². The molecule has 0 aromatic heterocycles. The second-order valence-electron chi connectivity index (χ2n) is 3.79. The summed E-state index contributed by atoms with van der Waals surface area (Å²) >= 11 is 0. The molecule has 2 atom stereocenters. The minimum Gasteiger partial charge on any atom is -0.303 e. The van der Waals surface area contributed by atoms with E-state index in [-0.39, 0.29) is 12.1 Å². The minimum atomic E-state index is -3.54. The fraction of sp³-hybridized carbons (Fsp3) is 1.00. The van der Waals surface area contributed by atoms with Gasteiger partial charge in [0.25, 0.3) is 10.2 Å². The summed E-state index contributed by atoms with van der Waals surface area (Å²) in [4.78, 5) is 2.11. The Kier molecular flexibility index (Phi) is 2.96. The van der Waals surface area contributed by atoms with Gasteiger partial charge in [0.05, 0.1) is 0 Å². The highest BCUT2D eigenvalue weighted by Gasteiger charge is 2.34. The van der Waals surface area contributed by atoms with Crippen LogP contribution < -0.4 is 5.14 Å². The first-order valence-electron chi connectivity index (χ1n) is 4.32. The maximum atomic E-state index is 11.2. The average molecular weight is 207 g/mol. The Bertz CT molecular complexity index is 265. The molecule has 0 aliphatic carbocycles. The van der Waals surface area contributed by atoms with Crippen molar-refractivity contribution in [2.24, 2.45) is 5.14 Å². The lowest BCUT2D eigenvalue weighted by Crippen LogP contribution is -2.59. The standard InChI is InChI=1S/C7H17N3O2S/c1-6-4-9(3)5-7(2)10(6)13(8,11)12/h6-7H,4-5H2,1-3H3,(H2,8,11,12). The fourth-order valence-electron chi connectivity index (χ4n) is 2.07. The van der Waals surface area contributed by atoms with Crippen molar-refractivity contribution in [1.29, 1.82) is 0 Å². The van der Waals surface area contributed by atoms with Gasteiger partial charge in [-0.1, -0.05) is 0 Å². The maximum absolute atomic E-state index is 11.2. The van der Waals surface area contributed by atoms with Crippen molar-refractivity contribution in [3.63, 3.8) is 0 Å². The predicted octanol–water partition coefficient (Wildman–Crippen LogP) is -0.786. The zero-order valence-corrected chi connectivity index (χ0v) is 9.08. The normalized spacial score (nSPS) is 33.5. The van der Waals surface area contributed by atoms with Crippen LogP contribution in [0, 0.1) is 0 Å². The molecule has 0 spiro atoms. The molecule has 1 fully saturated rings. The van der Waals surface area contributed by atoms with E-state index >= 15 is 0 Å². The highest BCUT2D eigenvalue weighted by atomic mass is 32.2. The van der Waals surface area contributed by atoms with Crippen LogP contribution in [0.5, 0.6) is 0 Å². The van der Waals surface area contributed by atoms with Gasteiger partial charge in [-0.25, -0.2) is 5.14 Å². The summed E-state index contributed by atoms with van der Waals surface area (Å²) < 4.78 is 23.8. The van der Waals surface area contributed by atoms with Gasteiger partial charge in [0, 0.05) is 25.2 Å². The van der Waals surface area contributed by atoms with Crippen molar-refractivity contribution in [3.8, 4) is 0 Å². The van der Waals surface area contributed by atoms with E-state index in [4.69, 9.17) is 5.14 Å². The van der Waals surface area contributed by atoms with E-state index in [9.17, 15) is 8.42 Å². The van der Waals surface area contributed by atoms with Gasteiger partial charge in [-0.05, 0) is 20.9 Å². The Balaban J connectivity index is 2.85. The Labute approximate surface area is 79.7 Å². The van der Waals surface area contributed by atoms with Crippen LogP contribution in [0.25, 0.3) is 0 Å². The zero-order chi connectivity index (χ0) is 10.2. The monoisotopic (exact) mass is 207 g/mol. The molecule has 78 valence electrons. The van der Waals surface area contributed by atoms with E-state index in [1.54, 1.807) is 0 Å². The summed E-state index contributed by atoms with van der Waals surface area (Å²) in [5.41, 5.74) is 0. The van der Waals surface area contributed by atoms with Gasteiger partial charge in [0.15, 0.2) is 0 Å². The highest BCUT2D eigenvalue weighted by molar-refractivity contribution is 7.86. The van der Waals surface area contributed by atoms with Crippen LogP contribution in [-0.2, 0) is 10.2 Å². The van der Waals surface area contributed by atoms with Crippen LogP contribution in [0.3, 0.4) is 0 Å². The molecule has 2 unspecified atom stereocenters. The summed E-state index contributed by atoms with van der Waals surface area (Å²) in [7, 11) is -1.56. The van der Waals surface area contributed by atoms with Crippen molar-refractivity contribution in [1.82, 2.24) is 9.21 Å². The minimum absolute atomic E-state index is 0.0382. The van der Waals surface area contributed by atoms with Gasteiger partial charge >= 0.3 is 0 Å². The van der Waals surface area contributed by atoms with Crippen molar-refractivity contribution < 1.29 is 8.42 Å². The van der Waals surface area contributed by atoms with E-state index in [1.807, 2.05) is 20.9 Å². The van der Waals surface area contributed by atoms with E-state index < -0.39 is 10.2 Å². The summed E-state index contributed by atoms with van der Waals surface area (Å²) in [6.07, 6.45) is 0. The average Bonchev–Trinajstić information content (AvgIpc) is 1.78. The third kappa shape index (κ3) is 2.40. The quantitative estimate of drug-likeness (QED) is 0.613. The largest absolute Gasteiger partial charge is 0.303 e. The Hall–Kier alpha value is -0.170. The van der Waals surface area contributed by atoms with Gasteiger partial charge in [0.1, 0.15) is 0 Å². The molecular weight excluding hydrogens is 190 g/mol. The number of hydrogen-bond acceptors (Lipinski definition) is 3. The third-order valence-electron chi connectivity index (χ3n) is 2.31. The summed E-state index contributed by atoms with van der Waals surface area (Å²) in [5.74, 6) is 0. The highest BCUT2D eigenvalue weighted by Crippen LogP contribution is 2.16. The lowest BCUT2D eigenvalue weighted by atomic mass is 10.2. The topological polar surface area (TPSA) is 66.6 Å². The van der Waals surface area contributed by atoms with Crippen LogP contribution in [0.15, 0.2) is 0 Å². The second-order valence-corrected chi connectivity index (χ2v) is 5.25. The molecular formula is C7H17N3O2S. The molecule has 1 aliphatic heterocycles. The molecule has 13 heavy (non-hydrogen) atoms. The van der Waals surface area contributed by atoms with Crippen LogP contribution in [0.1, 0.15) is 13.8 Å². The molecule has 6 heteroatoms. The molecule has 1 heterocycles. The molecule has 1 rings (SSSR count). The number of nitrogens with zero attached hydrogens (tertiary/aromatic N) is 2. The smallest absolute Gasteiger partial charge is 0.277 e. The van der Waals surface area contributed by atoms with Crippen molar-refractivity contribution >= 4 is 10.2 Å². The molecule has 0 radical (unpaired) electrons. The molecule has 0 amide bonds. The lowest BCUT2D eigenvalue weighted by molar-refractivity contribution is 0.123. The lowest BCUT2D eigenvalue weighted by Gasteiger charge is -2.40. The van der Waals surface area contributed by atoms with Crippen molar-refractivity contribution in [3.05, 3.63) is 0 Å². The van der Waals surface area contributed by atoms with Gasteiger partial charge < -0.3 is 4.90 Å². The molecule has 0 bridgehead atoms. The summed E-state index contributed by atoms with van der Waals surface area (Å²) in [6, 6.07) is -0.0764. The second kappa shape index (κ2) is 3.53. The van der Waals surface area contributed by atoms with Gasteiger partial charge in [-0.2, -0.15) is 12.7 Å². The fourth-order valence-corrected chi connectivity index (χ4v) is 3.21. The van der Waals surface area contributed by atoms with Crippen LogP contribution in [0.2, 0.25) is 0 Å². The molecule has 0 aromatic carbocycles. The Morgan fingerprint density at radius 1 is 1.23 bits per heavy atom. The molecule has 0 saturated carbocycles. The Morgan fingerprint density at radius 3 is 1.92 bits per heavy atom. The predicted molar refractivity (Wildman–Crippen MR) is 51.4 cm³/mol. The third-order valence-corrected chi connectivity index (χ3v) is 3.62. The van der Waals surface area contributed by atoms with E-state index in [0.717, 1.165) is 13.1 Å². The van der Waals surface area contributed by atoms with Gasteiger partial charge in [-0.3, -0.25) is 0 Å². The van der Waals surface area contributed by atoms with Gasteiger partial charge in [0.2, 0.25) is 0 Å². The molecule has 1 aliphatic rings. The van der Waals surface area contributed by atoms with Crippen molar-refractivity contribution in [2.45, 2.75) is 25.9 Å². The van der Waals surface area contributed by atoms with E-state index in [2.05, 4.69) is 4.90 Å². The molecule has 1 saturated heterocycles. The number of hydrogen-bond donors (Lipinski definition) is 1. The molecule has 5 nitrogen and oxygen atoms in total. The zero-order valence-electron chi connectivity index (χ0n) is 8.27. The van der Waals surface area contributed by atoms with E-state index in [0.29, 0.717) is 0 Å². The van der Waals surface area contributed by atoms with Crippen LogP contribution in [-0.4, -0.2) is 49.8 Å². The maximum Gasteiger partial charge on any atom is 0.277 e. The molecule has 0 aromatic rings. The first-order chi connectivity index (χ1) is 5.82. The summed E-state index contributed by atoms with van der Waals surface area (Å²) in [6.45, 7) is 5.22. The van der Waals surface area contributed by atoms with Crippen LogP contribution in [0.4, 0.5) is 0 Å². The first kappa shape index (κ1) is 10.9. The molecule has 2 N–H and O–H groups in total. The number of piperazine rings is 1. The van der Waals surface area contributed by atoms with Gasteiger partial charge in [-0.15, -0.1) is 0 Å².